The molecule has 0 saturated carbocycles. The Morgan fingerprint density at radius 3 is 2.81 bits per heavy atom. The monoisotopic (exact) mass is 418 g/mol. The Labute approximate surface area is 179 Å². The van der Waals surface area contributed by atoms with Crippen molar-refractivity contribution >= 4 is 28.5 Å². The highest BCUT2D eigenvalue weighted by Crippen LogP contribution is 2.30. The number of anilines is 2. The number of hydrogen-bond donors (Lipinski definition) is 2. The van der Waals surface area contributed by atoms with Crippen LogP contribution < -0.4 is 10.2 Å². The third kappa shape index (κ3) is 4.11. The average molecular weight is 418 g/mol. The molecule has 0 radical (unpaired) electrons. The van der Waals surface area contributed by atoms with Gasteiger partial charge in [0, 0.05) is 24.8 Å². The van der Waals surface area contributed by atoms with Crippen LogP contribution in [-0.4, -0.2) is 52.3 Å². The van der Waals surface area contributed by atoms with Gasteiger partial charge in [-0.3, -0.25) is 0 Å². The van der Waals surface area contributed by atoms with E-state index in [2.05, 4.69) is 21.4 Å². The zero-order chi connectivity index (χ0) is 22.0. The minimum atomic E-state index is -1.10. The van der Waals surface area contributed by atoms with Crippen molar-refractivity contribution < 1.29 is 14.6 Å². The summed E-state index contributed by atoms with van der Waals surface area (Å²) in [6.07, 6.45) is 1.45. The van der Waals surface area contributed by atoms with Crippen LogP contribution >= 0.6 is 0 Å². The number of aromatic carboxylic acids is 1. The molecule has 3 aromatic rings. The van der Waals surface area contributed by atoms with Crippen molar-refractivity contribution in [1.29, 1.82) is 5.26 Å². The van der Waals surface area contributed by atoms with Crippen molar-refractivity contribution in [2.45, 2.75) is 19.9 Å². The topological polar surface area (TPSA) is 124 Å². The molecule has 9 heteroatoms. The molecule has 0 aliphatic carbocycles. The van der Waals surface area contributed by atoms with Gasteiger partial charge in [-0.05, 0) is 37.6 Å². The van der Waals surface area contributed by atoms with E-state index in [1.165, 1.54) is 6.20 Å². The average Bonchev–Trinajstić information content (AvgIpc) is 2.78. The summed E-state index contributed by atoms with van der Waals surface area (Å²) in [6.45, 7) is 6.31. The maximum atomic E-state index is 11.5. The van der Waals surface area contributed by atoms with Crippen LogP contribution in [0.1, 0.15) is 40.3 Å². The molecule has 3 heterocycles. The Hall–Kier alpha value is -3.77. The van der Waals surface area contributed by atoms with Crippen LogP contribution in [-0.2, 0) is 4.74 Å². The number of morpholine rings is 1. The fraction of sp³-hybridized carbons (Fsp3) is 0.318. The van der Waals surface area contributed by atoms with Gasteiger partial charge in [-0.2, -0.15) is 5.26 Å². The summed E-state index contributed by atoms with van der Waals surface area (Å²) in [5, 5.41) is 22.3. The fourth-order valence-electron chi connectivity index (χ4n) is 3.73. The smallest absolute Gasteiger partial charge is 0.356 e. The van der Waals surface area contributed by atoms with Gasteiger partial charge in [-0.1, -0.05) is 6.07 Å². The molecule has 1 saturated heterocycles. The highest BCUT2D eigenvalue weighted by molar-refractivity contribution is 5.92. The lowest BCUT2D eigenvalue weighted by Gasteiger charge is -2.28. The lowest BCUT2D eigenvalue weighted by Crippen LogP contribution is -2.37. The SMILES string of the molecule is Cc1cc([C@@H](C)Nc2cccnc2C(=O)O)c2nc(N3CCOCC3)c(C#N)nc2c1. The molecular weight excluding hydrogens is 396 g/mol. The molecular formula is C22H22N6O3. The van der Waals surface area contributed by atoms with E-state index in [1.807, 2.05) is 30.9 Å². The number of aryl methyl sites for hydroxylation is 1. The number of pyridine rings is 1. The Bertz CT molecular complexity index is 1180. The van der Waals surface area contributed by atoms with Crippen LogP contribution in [0.15, 0.2) is 30.5 Å². The molecule has 0 amide bonds. The third-order valence-electron chi connectivity index (χ3n) is 5.19. The van der Waals surface area contributed by atoms with E-state index in [0.717, 1.165) is 11.1 Å². The second-order valence-corrected chi connectivity index (χ2v) is 7.40. The number of aromatic nitrogens is 3. The number of carbonyl (C=O) groups is 1. The van der Waals surface area contributed by atoms with E-state index < -0.39 is 5.97 Å². The third-order valence-corrected chi connectivity index (χ3v) is 5.19. The number of fused-ring (bicyclic) bond motifs is 1. The highest BCUT2D eigenvalue weighted by Gasteiger charge is 2.22. The number of benzene rings is 1. The molecule has 2 N–H and O–H groups in total. The number of ether oxygens (including phenoxy) is 1. The van der Waals surface area contributed by atoms with Gasteiger partial charge in [-0.15, -0.1) is 0 Å². The number of rotatable bonds is 5. The minimum absolute atomic E-state index is 0.0434. The van der Waals surface area contributed by atoms with E-state index in [4.69, 9.17) is 9.72 Å². The van der Waals surface area contributed by atoms with Gasteiger partial charge in [0.2, 0.25) is 0 Å². The van der Waals surface area contributed by atoms with Gasteiger partial charge < -0.3 is 20.1 Å². The first-order valence-electron chi connectivity index (χ1n) is 9.98. The molecule has 31 heavy (non-hydrogen) atoms. The molecule has 1 aliphatic heterocycles. The zero-order valence-electron chi connectivity index (χ0n) is 17.3. The van der Waals surface area contributed by atoms with Crippen LogP contribution in [0.4, 0.5) is 11.5 Å². The number of carboxylic acid groups (broad SMARTS) is 1. The summed E-state index contributed by atoms with van der Waals surface area (Å²) in [6, 6.07) is 9.16. The second-order valence-electron chi connectivity index (χ2n) is 7.40. The molecule has 9 nitrogen and oxygen atoms in total. The summed E-state index contributed by atoms with van der Waals surface area (Å²) in [5.41, 5.74) is 3.80. The van der Waals surface area contributed by atoms with Gasteiger partial charge in [0.25, 0.3) is 0 Å². The number of nitrogens with zero attached hydrogens (tertiary/aromatic N) is 5. The predicted octanol–water partition coefficient (Wildman–Crippen LogP) is 2.91. The van der Waals surface area contributed by atoms with Crippen molar-refractivity contribution in [3.8, 4) is 6.07 Å². The Kier molecular flexibility index (Phi) is 5.64. The van der Waals surface area contributed by atoms with E-state index in [1.54, 1.807) is 12.1 Å². The summed E-state index contributed by atoms with van der Waals surface area (Å²) in [5.74, 6) is -0.555. The van der Waals surface area contributed by atoms with Crippen molar-refractivity contribution in [3.05, 3.63) is 53.0 Å². The van der Waals surface area contributed by atoms with Gasteiger partial charge >= 0.3 is 5.97 Å². The van der Waals surface area contributed by atoms with Gasteiger partial charge in [0.1, 0.15) is 6.07 Å². The molecule has 0 spiro atoms. The molecule has 158 valence electrons. The zero-order valence-corrected chi connectivity index (χ0v) is 17.3. The molecule has 4 rings (SSSR count). The van der Waals surface area contributed by atoms with Crippen LogP contribution in [0, 0.1) is 18.3 Å². The number of hydrogen-bond acceptors (Lipinski definition) is 8. The van der Waals surface area contributed by atoms with Crippen LogP contribution in [0.2, 0.25) is 0 Å². The van der Waals surface area contributed by atoms with Crippen LogP contribution in [0.25, 0.3) is 11.0 Å². The van der Waals surface area contributed by atoms with E-state index in [9.17, 15) is 15.2 Å². The summed E-state index contributed by atoms with van der Waals surface area (Å²) < 4.78 is 5.42. The lowest BCUT2D eigenvalue weighted by molar-refractivity contribution is 0.0691. The molecule has 1 fully saturated rings. The maximum absolute atomic E-state index is 11.5. The molecule has 0 bridgehead atoms. The molecule has 0 unspecified atom stereocenters. The largest absolute Gasteiger partial charge is 0.476 e. The molecule has 1 atom stereocenters. The van der Waals surface area contributed by atoms with Crippen molar-refractivity contribution in [2.24, 2.45) is 0 Å². The normalized spacial score (nSPS) is 14.8. The quantitative estimate of drug-likeness (QED) is 0.643. The van der Waals surface area contributed by atoms with Gasteiger partial charge in [-0.25, -0.2) is 19.7 Å². The first-order valence-corrected chi connectivity index (χ1v) is 9.98. The molecule has 1 aliphatic rings. The fourth-order valence-corrected chi connectivity index (χ4v) is 3.73. The highest BCUT2D eigenvalue weighted by atomic mass is 16.5. The van der Waals surface area contributed by atoms with Gasteiger partial charge in [0.05, 0.1) is 36.0 Å². The first kappa shape index (κ1) is 20.5. The minimum Gasteiger partial charge on any atom is -0.476 e. The van der Waals surface area contributed by atoms with Crippen LogP contribution in [0.3, 0.4) is 0 Å². The summed E-state index contributed by atoms with van der Waals surface area (Å²) >= 11 is 0. The molecule has 2 aromatic heterocycles. The summed E-state index contributed by atoms with van der Waals surface area (Å²) in [7, 11) is 0. The van der Waals surface area contributed by atoms with E-state index in [-0.39, 0.29) is 17.4 Å². The van der Waals surface area contributed by atoms with Crippen molar-refractivity contribution in [1.82, 2.24) is 15.0 Å². The Balaban J connectivity index is 1.80. The Morgan fingerprint density at radius 2 is 2.10 bits per heavy atom. The standard InChI is InChI=1S/C22H22N6O3/c1-13-10-15(14(2)25-16-4-3-5-24-20(16)22(29)30)19-17(11-13)26-18(12-23)21(27-19)28-6-8-31-9-7-28/h3-5,10-11,14,25H,6-9H2,1-2H3,(H,29,30)/t14-/m1/s1. The van der Waals surface area contributed by atoms with Crippen molar-refractivity contribution in [2.75, 3.05) is 36.5 Å². The van der Waals surface area contributed by atoms with E-state index in [0.29, 0.717) is 48.8 Å². The van der Waals surface area contributed by atoms with E-state index >= 15 is 0 Å². The number of nitriles is 1. The second kappa shape index (κ2) is 8.53. The first-order chi connectivity index (χ1) is 15.0. The number of carboxylic acids is 1. The summed E-state index contributed by atoms with van der Waals surface area (Å²) in [4.78, 5) is 26.9. The lowest BCUT2D eigenvalue weighted by atomic mass is 10.0. The van der Waals surface area contributed by atoms with Crippen LogP contribution in [0.5, 0.6) is 0 Å². The Morgan fingerprint density at radius 1 is 1.32 bits per heavy atom. The number of nitrogens with one attached hydrogen (secondary N) is 1. The molecule has 1 aromatic carbocycles. The predicted molar refractivity (Wildman–Crippen MR) is 115 cm³/mol. The van der Waals surface area contributed by atoms with Gasteiger partial charge in [0.15, 0.2) is 17.2 Å². The maximum Gasteiger partial charge on any atom is 0.356 e. The van der Waals surface area contributed by atoms with Crippen molar-refractivity contribution in [3.63, 3.8) is 0 Å².